The number of non-ortho nitro benzene ring substituents is 1. The van der Waals surface area contributed by atoms with E-state index in [2.05, 4.69) is 20.9 Å². The summed E-state index contributed by atoms with van der Waals surface area (Å²) < 4.78 is 35.1. The molecule has 14 heteroatoms. The Labute approximate surface area is 323 Å². The number of benzene rings is 4. The maximum absolute atomic E-state index is 14.3. The minimum absolute atomic E-state index is 0.00934. The molecule has 1 fully saturated rings. The third-order valence-electron chi connectivity index (χ3n) is 9.79. The lowest BCUT2D eigenvalue weighted by atomic mass is 9.84. The number of rotatable bonds is 18. The zero-order valence-electron chi connectivity index (χ0n) is 31.4. The van der Waals surface area contributed by atoms with Crippen molar-refractivity contribution in [1.82, 2.24) is 25.2 Å². The number of carbonyl (C=O) groups is 2. The number of alkyl carbamates (subject to hydrolysis) is 1. The van der Waals surface area contributed by atoms with E-state index in [0.29, 0.717) is 32.6 Å². The van der Waals surface area contributed by atoms with Crippen LogP contribution in [0.2, 0.25) is 0 Å². The zero-order valence-corrected chi connectivity index (χ0v) is 32.2. The molecule has 1 aliphatic heterocycles. The number of nitrogens with one attached hydrogen (secondary N) is 3. The number of hydrogen-bond acceptors (Lipinski definition) is 9. The molecule has 2 amide bonds. The minimum atomic E-state index is -4.06. The first-order chi connectivity index (χ1) is 26.5. The van der Waals surface area contributed by atoms with Crippen LogP contribution >= 0.6 is 0 Å². The molecule has 0 bridgehead atoms. The molecular formula is C41H50N6O7S. The Bertz CT molecular complexity index is 1910. The van der Waals surface area contributed by atoms with Crippen LogP contribution in [-0.4, -0.2) is 92.5 Å². The molecule has 13 nitrogen and oxygen atoms in total. The van der Waals surface area contributed by atoms with Gasteiger partial charge in [0.1, 0.15) is 6.04 Å². The second kappa shape index (κ2) is 19.4. The zero-order chi connectivity index (χ0) is 39.4. The van der Waals surface area contributed by atoms with Crippen molar-refractivity contribution in [3.8, 4) is 0 Å². The van der Waals surface area contributed by atoms with Crippen LogP contribution in [0.1, 0.15) is 42.9 Å². The smallest absolute Gasteiger partial charge is 0.407 e. The van der Waals surface area contributed by atoms with Crippen molar-refractivity contribution in [3.05, 3.63) is 142 Å². The summed E-state index contributed by atoms with van der Waals surface area (Å²) in [7, 11) is -2.81. The summed E-state index contributed by atoms with van der Waals surface area (Å²) in [6, 6.07) is 32.1. The SMILES string of the molecule is COC(=O)NC(C(=O)NCCN[C@@H]1CN(Cc2ccccc2)C[C@H]1N(CCC(C)C)S(=O)(=O)c1ccc([N+](=O)[O-])cc1)C(c1ccccc1)c1ccccc1. The lowest BCUT2D eigenvalue weighted by Crippen LogP contribution is -2.54. The largest absolute Gasteiger partial charge is 0.453 e. The monoisotopic (exact) mass is 770 g/mol. The van der Waals surface area contributed by atoms with E-state index in [1.165, 1.54) is 35.7 Å². The van der Waals surface area contributed by atoms with Gasteiger partial charge in [-0.3, -0.25) is 19.8 Å². The predicted molar refractivity (Wildman–Crippen MR) is 211 cm³/mol. The maximum Gasteiger partial charge on any atom is 0.407 e. The average molecular weight is 771 g/mol. The summed E-state index contributed by atoms with van der Waals surface area (Å²) in [5.74, 6) is -0.697. The Balaban J connectivity index is 1.37. The van der Waals surface area contributed by atoms with Crippen LogP contribution in [0, 0.1) is 16.0 Å². The highest BCUT2D eigenvalue weighted by Crippen LogP contribution is 2.30. The van der Waals surface area contributed by atoms with E-state index in [0.717, 1.165) is 16.7 Å². The number of likely N-dealkylation sites (tertiary alicyclic amines) is 1. The van der Waals surface area contributed by atoms with Gasteiger partial charge in [-0.05, 0) is 41.2 Å². The normalized spacial score (nSPS) is 16.6. The van der Waals surface area contributed by atoms with Crippen LogP contribution in [0.3, 0.4) is 0 Å². The summed E-state index contributed by atoms with van der Waals surface area (Å²) in [5, 5.41) is 20.6. The van der Waals surface area contributed by atoms with Crippen molar-refractivity contribution in [1.29, 1.82) is 0 Å². The second-order valence-electron chi connectivity index (χ2n) is 14.1. The van der Waals surface area contributed by atoms with Gasteiger partial charge in [0.2, 0.25) is 15.9 Å². The van der Waals surface area contributed by atoms with Gasteiger partial charge in [0.15, 0.2) is 0 Å². The Morgan fingerprint density at radius 3 is 2.00 bits per heavy atom. The molecule has 0 radical (unpaired) electrons. The molecule has 0 spiro atoms. The van der Waals surface area contributed by atoms with Gasteiger partial charge in [0.05, 0.1) is 23.0 Å². The van der Waals surface area contributed by atoms with Gasteiger partial charge >= 0.3 is 6.09 Å². The molecule has 3 atom stereocenters. The number of methoxy groups -OCH3 is 1. The van der Waals surface area contributed by atoms with E-state index in [1.807, 2.05) is 105 Å². The third-order valence-corrected chi connectivity index (χ3v) is 11.7. The van der Waals surface area contributed by atoms with E-state index in [9.17, 15) is 28.1 Å². The number of nitrogens with zero attached hydrogens (tertiary/aromatic N) is 3. The molecule has 1 aliphatic rings. The Morgan fingerprint density at radius 1 is 0.873 bits per heavy atom. The summed E-state index contributed by atoms with van der Waals surface area (Å²) in [6.07, 6.45) is -0.124. The summed E-state index contributed by atoms with van der Waals surface area (Å²) >= 11 is 0. The molecule has 0 saturated carbocycles. The molecular weight excluding hydrogens is 721 g/mol. The van der Waals surface area contributed by atoms with Crippen molar-refractivity contribution < 1.29 is 27.7 Å². The predicted octanol–water partition coefficient (Wildman–Crippen LogP) is 5.15. The fourth-order valence-corrected chi connectivity index (χ4v) is 8.66. The van der Waals surface area contributed by atoms with Gasteiger partial charge in [0.25, 0.3) is 5.69 Å². The third kappa shape index (κ3) is 11.0. The van der Waals surface area contributed by atoms with E-state index in [4.69, 9.17) is 4.74 Å². The number of nitro groups is 1. The van der Waals surface area contributed by atoms with Crippen LogP contribution in [0.5, 0.6) is 0 Å². The molecule has 55 heavy (non-hydrogen) atoms. The molecule has 3 N–H and O–H groups in total. The quantitative estimate of drug-likeness (QED) is 0.0706. The van der Waals surface area contributed by atoms with Crippen LogP contribution < -0.4 is 16.0 Å². The Morgan fingerprint density at radius 2 is 1.45 bits per heavy atom. The number of amides is 2. The van der Waals surface area contributed by atoms with Crippen LogP contribution in [-0.2, 0) is 26.1 Å². The maximum atomic E-state index is 14.3. The van der Waals surface area contributed by atoms with E-state index >= 15 is 0 Å². The summed E-state index contributed by atoms with van der Waals surface area (Å²) in [4.78, 5) is 39.5. The molecule has 0 aliphatic carbocycles. The average Bonchev–Trinajstić information content (AvgIpc) is 3.58. The highest BCUT2D eigenvalue weighted by Gasteiger charge is 2.42. The molecule has 5 rings (SSSR count). The molecule has 1 saturated heterocycles. The number of carbonyl (C=O) groups excluding carboxylic acids is 2. The lowest BCUT2D eigenvalue weighted by Gasteiger charge is -2.33. The first-order valence-corrected chi connectivity index (χ1v) is 19.9. The van der Waals surface area contributed by atoms with Gasteiger partial charge < -0.3 is 20.7 Å². The molecule has 0 aromatic heterocycles. The molecule has 1 heterocycles. The molecule has 1 unspecified atom stereocenters. The number of ether oxygens (including phenoxy) is 1. The van der Waals surface area contributed by atoms with Crippen molar-refractivity contribution in [2.75, 3.05) is 39.8 Å². The van der Waals surface area contributed by atoms with Crippen molar-refractivity contribution in [2.45, 2.75) is 55.8 Å². The van der Waals surface area contributed by atoms with E-state index in [-0.39, 0.29) is 35.6 Å². The van der Waals surface area contributed by atoms with Crippen molar-refractivity contribution >= 4 is 27.7 Å². The topological polar surface area (TPSA) is 163 Å². The van der Waals surface area contributed by atoms with Gasteiger partial charge in [-0.15, -0.1) is 0 Å². The number of nitro benzene ring substituents is 1. The van der Waals surface area contributed by atoms with Gasteiger partial charge in [-0.2, -0.15) is 4.31 Å². The van der Waals surface area contributed by atoms with E-state index in [1.54, 1.807) is 0 Å². The molecule has 4 aromatic carbocycles. The minimum Gasteiger partial charge on any atom is -0.453 e. The van der Waals surface area contributed by atoms with Gasteiger partial charge in [-0.25, -0.2) is 13.2 Å². The summed E-state index contributed by atoms with van der Waals surface area (Å²) in [6.45, 7) is 6.44. The number of hydrogen-bond donors (Lipinski definition) is 3. The first kappa shape index (κ1) is 41.0. The van der Waals surface area contributed by atoms with Crippen LogP contribution in [0.25, 0.3) is 0 Å². The lowest BCUT2D eigenvalue weighted by molar-refractivity contribution is -0.384. The fraction of sp³-hybridized carbons (Fsp3) is 0.366. The number of sulfonamides is 1. The molecule has 292 valence electrons. The highest BCUT2D eigenvalue weighted by atomic mass is 32.2. The van der Waals surface area contributed by atoms with Crippen LogP contribution in [0.4, 0.5) is 10.5 Å². The Kier molecular flexibility index (Phi) is 14.5. The highest BCUT2D eigenvalue weighted by molar-refractivity contribution is 7.89. The van der Waals surface area contributed by atoms with Gasteiger partial charge in [0, 0.05) is 63.4 Å². The van der Waals surface area contributed by atoms with Crippen LogP contribution in [0.15, 0.2) is 120 Å². The first-order valence-electron chi connectivity index (χ1n) is 18.5. The Hall–Kier alpha value is -5.15. The van der Waals surface area contributed by atoms with Crippen molar-refractivity contribution in [2.24, 2.45) is 5.92 Å². The fourth-order valence-electron chi connectivity index (χ4n) is 6.99. The summed E-state index contributed by atoms with van der Waals surface area (Å²) in [5.41, 5.74) is 2.58. The van der Waals surface area contributed by atoms with Crippen molar-refractivity contribution in [3.63, 3.8) is 0 Å². The second-order valence-corrected chi connectivity index (χ2v) is 16.0. The molecule has 4 aromatic rings. The standard InChI is InChI=1S/C41H50N6O7S/c1-30(2)23-26-46(55(52,53)35-21-19-34(20-22-35)47(50)51)37-29-45(27-31-13-7-4-8-14-31)28-36(37)42-24-25-43-40(48)39(44-41(49)54-3)38(32-15-9-5-10-16-32)33-17-11-6-12-18-33/h4-22,30,36-39,42H,23-29H2,1-3H3,(H,43,48)(H,44,49)/t36-,37-,39?/m1/s1. The van der Waals surface area contributed by atoms with Gasteiger partial charge in [-0.1, -0.05) is 105 Å². The van der Waals surface area contributed by atoms with E-state index < -0.39 is 44.9 Å².